The molecule has 0 aliphatic heterocycles. The van der Waals surface area contributed by atoms with Crippen LogP contribution in [0, 0.1) is 0 Å². The molecule has 2 heterocycles. The van der Waals surface area contributed by atoms with E-state index in [4.69, 9.17) is 5.11 Å². The number of aromatic carboxylic acids is 1. The average Bonchev–Trinajstić information content (AvgIpc) is 3.08. The van der Waals surface area contributed by atoms with Crippen molar-refractivity contribution in [2.24, 2.45) is 0 Å². The van der Waals surface area contributed by atoms with Gasteiger partial charge in [-0.25, -0.2) is 9.78 Å². The van der Waals surface area contributed by atoms with Crippen LogP contribution in [0.3, 0.4) is 0 Å². The Morgan fingerprint density at radius 1 is 1.21 bits per heavy atom. The minimum atomic E-state index is -1.10. The van der Waals surface area contributed by atoms with Crippen LogP contribution in [0.2, 0.25) is 0 Å². The fourth-order valence-corrected chi connectivity index (χ4v) is 1.62. The number of imidazole rings is 1. The molecule has 0 bridgehead atoms. The van der Waals surface area contributed by atoms with Gasteiger partial charge in [0.15, 0.2) is 5.69 Å². The number of carbonyl (C=O) groups is 1. The number of tetrazole rings is 1. The molecule has 3 rings (SSSR count). The van der Waals surface area contributed by atoms with Crippen LogP contribution in [0.5, 0.6) is 0 Å². The number of carboxylic acid groups (broad SMARTS) is 1. The Kier molecular flexibility index (Phi) is 2.53. The second kappa shape index (κ2) is 4.33. The van der Waals surface area contributed by atoms with Crippen molar-refractivity contribution in [1.29, 1.82) is 0 Å². The summed E-state index contributed by atoms with van der Waals surface area (Å²) in [5.74, 6) is -0.733. The first kappa shape index (κ1) is 11.1. The number of hydrogen-bond acceptors (Lipinski definition) is 5. The molecule has 94 valence electrons. The first-order valence-corrected chi connectivity index (χ1v) is 5.37. The summed E-state index contributed by atoms with van der Waals surface area (Å²) in [7, 11) is 0. The summed E-state index contributed by atoms with van der Waals surface area (Å²) in [6, 6.07) is 9.28. The van der Waals surface area contributed by atoms with Crippen molar-refractivity contribution in [3.05, 3.63) is 48.5 Å². The summed E-state index contributed by atoms with van der Waals surface area (Å²) in [4.78, 5) is 14.6. The fourth-order valence-electron chi connectivity index (χ4n) is 1.62. The highest BCUT2D eigenvalue weighted by Crippen LogP contribution is 2.11. The van der Waals surface area contributed by atoms with Gasteiger partial charge >= 0.3 is 5.97 Å². The standard InChI is InChI=1S/C11H8N6O2/c18-10(19)9-6-16(7-12-9)11-13-14-15-17(11)8-4-2-1-3-5-8/h1-7H,(H,18,19). The molecule has 1 aromatic carbocycles. The number of benzene rings is 1. The lowest BCUT2D eigenvalue weighted by Gasteiger charge is -2.03. The molecular weight excluding hydrogens is 248 g/mol. The molecule has 0 unspecified atom stereocenters. The summed E-state index contributed by atoms with van der Waals surface area (Å²) >= 11 is 0. The molecule has 0 spiro atoms. The van der Waals surface area contributed by atoms with E-state index >= 15 is 0 Å². The van der Waals surface area contributed by atoms with Crippen molar-refractivity contribution >= 4 is 5.97 Å². The summed E-state index contributed by atoms with van der Waals surface area (Å²) < 4.78 is 2.95. The van der Waals surface area contributed by atoms with Crippen LogP contribution in [0.25, 0.3) is 11.6 Å². The number of nitrogens with zero attached hydrogens (tertiary/aromatic N) is 6. The number of rotatable bonds is 3. The molecule has 1 N–H and O–H groups in total. The highest BCUT2D eigenvalue weighted by Gasteiger charge is 2.13. The maximum absolute atomic E-state index is 10.8. The molecule has 0 amide bonds. The van der Waals surface area contributed by atoms with Gasteiger partial charge in [-0.3, -0.25) is 4.57 Å². The van der Waals surface area contributed by atoms with Crippen molar-refractivity contribution in [2.75, 3.05) is 0 Å². The van der Waals surface area contributed by atoms with Gasteiger partial charge < -0.3 is 5.11 Å². The van der Waals surface area contributed by atoms with E-state index in [1.165, 1.54) is 21.8 Å². The van der Waals surface area contributed by atoms with Crippen molar-refractivity contribution in [3.8, 4) is 11.6 Å². The van der Waals surface area contributed by atoms with E-state index in [-0.39, 0.29) is 5.69 Å². The molecule has 0 atom stereocenters. The van der Waals surface area contributed by atoms with Crippen LogP contribution >= 0.6 is 0 Å². The summed E-state index contributed by atoms with van der Waals surface area (Å²) in [5.41, 5.74) is 0.704. The van der Waals surface area contributed by atoms with Gasteiger partial charge in [0.05, 0.1) is 5.69 Å². The molecular formula is C11H8N6O2. The minimum Gasteiger partial charge on any atom is -0.476 e. The smallest absolute Gasteiger partial charge is 0.356 e. The Balaban J connectivity index is 2.07. The summed E-state index contributed by atoms with van der Waals surface area (Å²) in [5, 5.41) is 20.2. The molecule has 2 aromatic heterocycles. The highest BCUT2D eigenvalue weighted by molar-refractivity contribution is 5.85. The fraction of sp³-hybridized carbons (Fsp3) is 0. The molecule has 8 nitrogen and oxygen atoms in total. The predicted octanol–water partition coefficient (Wildman–Crippen LogP) is 0.546. The van der Waals surface area contributed by atoms with Crippen LogP contribution in [0.4, 0.5) is 0 Å². The molecule has 0 saturated carbocycles. The Morgan fingerprint density at radius 2 is 2.00 bits per heavy atom. The van der Waals surface area contributed by atoms with E-state index < -0.39 is 5.97 Å². The Labute approximate surface area is 106 Å². The molecule has 0 aliphatic carbocycles. The minimum absolute atomic E-state index is 0.0670. The van der Waals surface area contributed by atoms with Crippen LogP contribution in [0.15, 0.2) is 42.9 Å². The lowest BCUT2D eigenvalue weighted by Crippen LogP contribution is -2.05. The van der Waals surface area contributed by atoms with Gasteiger partial charge in [-0.15, -0.1) is 0 Å². The van der Waals surface area contributed by atoms with Crippen molar-refractivity contribution in [3.63, 3.8) is 0 Å². The summed E-state index contributed by atoms with van der Waals surface area (Å²) in [6.07, 6.45) is 2.71. The third-order valence-corrected chi connectivity index (χ3v) is 2.49. The number of para-hydroxylation sites is 1. The SMILES string of the molecule is O=C(O)c1cn(-c2nnnn2-c2ccccc2)cn1. The molecule has 8 heteroatoms. The normalized spacial score (nSPS) is 10.5. The maximum atomic E-state index is 10.8. The van der Waals surface area contributed by atoms with Crippen LogP contribution in [-0.4, -0.2) is 40.8 Å². The van der Waals surface area contributed by atoms with Crippen molar-refractivity contribution in [1.82, 2.24) is 29.8 Å². The van der Waals surface area contributed by atoms with Gasteiger partial charge in [-0.05, 0) is 22.6 Å². The van der Waals surface area contributed by atoms with Gasteiger partial charge in [0, 0.05) is 6.20 Å². The molecule has 0 radical (unpaired) electrons. The number of carboxylic acids is 1. The van der Waals surface area contributed by atoms with Gasteiger partial charge in [0.2, 0.25) is 0 Å². The topological polar surface area (TPSA) is 98.7 Å². The van der Waals surface area contributed by atoms with Crippen LogP contribution < -0.4 is 0 Å². The second-order valence-electron chi connectivity index (χ2n) is 3.70. The lowest BCUT2D eigenvalue weighted by atomic mass is 10.3. The molecule has 0 aliphatic rings. The van der Waals surface area contributed by atoms with Gasteiger partial charge in [0.1, 0.15) is 6.33 Å². The molecule has 19 heavy (non-hydrogen) atoms. The van der Waals surface area contributed by atoms with Crippen LogP contribution in [0.1, 0.15) is 10.5 Å². The Morgan fingerprint density at radius 3 is 2.68 bits per heavy atom. The van der Waals surface area contributed by atoms with E-state index in [0.717, 1.165) is 5.69 Å². The lowest BCUT2D eigenvalue weighted by molar-refractivity contribution is 0.0691. The zero-order chi connectivity index (χ0) is 13.2. The van der Waals surface area contributed by atoms with E-state index in [9.17, 15) is 4.79 Å². The van der Waals surface area contributed by atoms with E-state index in [2.05, 4.69) is 20.5 Å². The first-order valence-electron chi connectivity index (χ1n) is 5.37. The first-order chi connectivity index (χ1) is 9.25. The molecule has 0 saturated heterocycles. The van der Waals surface area contributed by atoms with E-state index in [0.29, 0.717) is 5.95 Å². The zero-order valence-electron chi connectivity index (χ0n) is 9.58. The van der Waals surface area contributed by atoms with E-state index in [1.54, 1.807) is 0 Å². The number of hydrogen-bond donors (Lipinski definition) is 1. The van der Waals surface area contributed by atoms with Crippen molar-refractivity contribution < 1.29 is 9.90 Å². The van der Waals surface area contributed by atoms with E-state index in [1.807, 2.05) is 30.3 Å². The van der Waals surface area contributed by atoms with Crippen molar-refractivity contribution in [2.45, 2.75) is 0 Å². The van der Waals surface area contributed by atoms with Gasteiger partial charge in [-0.1, -0.05) is 23.3 Å². The summed E-state index contributed by atoms with van der Waals surface area (Å²) in [6.45, 7) is 0. The second-order valence-corrected chi connectivity index (χ2v) is 3.70. The average molecular weight is 256 g/mol. The Hall–Kier alpha value is -3.03. The highest BCUT2D eigenvalue weighted by atomic mass is 16.4. The quantitative estimate of drug-likeness (QED) is 0.734. The van der Waals surface area contributed by atoms with Gasteiger partial charge in [0.25, 0.3) is 5.95 Å². The maximum Gasteiger partial charge on any atom is 0.356 e. The largest absolute Gasteiger partial charge is 0.476 e. The Bertz CT molecular complexity index is 718. The monoisotopic (exact) mass is 256 g/mol. The molecule has 0 fully saturated rings. The predicted molar refractivity (Wildman–Crippen MR) is 63.2 cm³/mol. The third kappa shape index (κ3) is 1.95. The van der Waals surface area contributed by atoms with Gasteiger partial charge in [-0.2, -0.15) is 4.68 Å². The number of aromatic nitrogens is 6. The van der Waals surface area contributed by atoms with Crippen LogP contribution in [-0.2, 0) is 0 Å². The third-order valence-electron chi connectivity index (χ3n) is 2.49. The molecule has 3 aromatic rings. The zero-order valence-corrected chi connectivity index (χ0v) is 9.58.